The first-order valence-electron chi connectivity index (χ1n) is 5.41. The first-order valence-corrected chi connectivity index (χ1v) is 6.29. The highest BCUT2D eigenvalue weighted by atomic mass is 32.1. The minimum Gasteiger partial charge on any atom is -0.355 e. The SMILES string of the molecule is CC(C#N)CNC(=O)CCCc1cccs1. The maximum atomic E-state index is 11.4. The summed E-state index contributed by atoms with van der Waals surface area (Å²) in [6, 6.07) is 6.19. The Balaban J connectivity index is 2.09. The average molecular weight is 236 g/mol. The maximum absolute atomic E-state index is 11.4. The van der Waals surface area contributed by atoms with Gasteiger partial charge < -0.3 is 5.32 Å². The van der Waals surface area contributed by atoms with Gasteiger partial charge >= 0.3 is 0 Å². The Kier molecular flexibility index (Phi) is 5.58. The Labute approximate surface area is 100 Å². The first-order chi connectivity index (χ1) is 7.72. The Hall–Kier alpha value is -1.34. The molecule has 1 aromatic rings. The molecule has 1 amide bonds. The summed E-state index contributed by atoms with van der Waals surface area (Å²) in [6.07, 6.45) is 2.36. The fourth-order valence-electron chi connectivity index (χ4n) is 1.28. The zero-order valence-corrected chi connectivity index (χ0v) is 10.2. The number of thiophene rings is 1. The maximum Gasteiger partial charge on any atom is 0.220 e. The average Bonchev–Trinajstić information content (AvgIpc) is 2.79. The van der Waals surface area contributed by atoms with E-state index in [0.717, 1.165) is 12.8 Å². The van der Waals surface area contributed by atoms with Gasteiger partial charge in [0.25, 0.3) is 0 Å². The number of nitriles is 1. The minimum absolute atomic E-state index is 0.0404. The molecule has 0 aromatic carbocycles. The second-order valence-corrected chi connectivity index (χ2v) is 4.80. The second kappa shape index (κ2) is 7.02. The van der Waals surface area contributed by atoms with Gasteiger partial charge in [0.15, 0.2) is 0 Å². The molecule has 0 aliphatic rings. The van der Waals surface area contributed by atoms with Gasteiger partial charge in [-0.1, -0.05) is 6.07 Å². The van der Waals surface area contributed by atoms with E-state index in [9.17, 15) is 4.79 Å². The number of hydrogen-bond acceptors (Lipinski definition) is 3. The van der Waals surface area contributed by atoms with E-state index in [4.69, 9.17) is 5.26 Å². The van der Waals surface area contributed by atoms with Crippen LogP contribution in [0.1, 0.15) is 24.6 Å². The van der Waals surface area contributed by atoms with Gasteiger partial charge in [-0.05, 0) is 31.2 Å². The molecule has 1 rings (SSSR count). The number of nitrogens with one attached hydrogen (secondary N) is 1. The predicted molar refractivity (Wildman–Crippen MR) is 65.0 cm³/mol. The molecule has 0 saturated heterocycles. The van der Waals surface area contributed by atoms with E-state index < -0.39 is 0 Å². The fourth-order valence-corrected chi connectivity index (χ4v) is 2.03. The zero-order chi connectivity index (χ0) is 11.8. The third-order valence-corrected chi connectivity index (χ3v) is 3.17. The number of aryl methyl sites for hydroxylation is 1. The third kappa shape index (κ3) is 4.94. The molecule has 0 saturated carbocycles. The molecule has 1 N–H and O–H groups in total. The van der Waals surface area contributed by atoms with Crippen LogP contribution in [0.4, 0.5) is 0 Å². The molecule has 0 spiro atoms. The molecule has 0 aliphatic heterocycles. The lowest BCUT2D eigenvalue weighted by Crippen LogP contribution is -2.27. The summed E-state index contributed by atoms with van der Waals surface area (Å²) in [5, 5.41) is 13.3. The normalized spacial score (nSPS) is 11.8. The Bertz CT molecular complexity index is 354. The van der Waals surface area contributed by atoms with Crippen LogP contribution < -0.4 is 5.32 Å². The highest BCUT2D eigenvalue weighted by Crippen LogP contribution is 2.11. The molecule has 1 unspecified atom stereocenters. The number of carbonyl (C=O) groups excluding carboxylic acids is 1. The summed E-state index contributed by atoms with van der Waals surface area (Å²) in [5.74, 6) is -0.0695. The van der Waals surface area contributed by atoms with Gasteiger partial charge in [-0.15, -0.1) is 11.3 Å². The predicted octanol–water partition coefficient (Wildman–Crippen LogP) is 2.35. The minimum atomic E-state index is -0.110. The van der Waals surface area contributed by atoms with Crippen LogP contribution in [-0.2, 0) is 11.2 Å². The van der Waals surface area contributed by atoms with Crippen molar-refractivity contribution < 1.29 is 4.79 Å². The van der Waals surface area contributed by atoms with E-state index >= 15 is 0 Å². The molecule has 1 heterocycles. The van der Waals surface area contributed by atoms with Crippen molar-refractivity contribution in [2.75, 3.05) is 6.54 Å². The van der Waals surface area contributed by atoms with Gasteiger partial charge in [-0.25, -0.2) is 0 Å². The molecular weight excluding hydrogens is 220 g/mol. The van der Waals surface area contributed by atoms with E-state index in [1.165, 1.54) is 4.88 Å². The highest BCUT2D eigenvalue weighted by molar-refractivity contribution is 7.09. The molecule has 4 heteroatoms. The molecule has 0 aliphatic carbocycles. The summed E-state index contributed by atoms with van der Waals surface area (Å²) in [4.78, 5) is 12.7. The molecule has 86 valence electrons. The van der Waals surface area contributed by atoms with Crippen molar-refractivity contribution in [3.63, 3.8) is 0 Å². The Morgan fingerprint density at radius 3 is 3.12 bits per heavy atom. The monoisotopic (exact) mass is 236 g/mol. The van der Waals surface area contributed by atoms with Crippen LogP contribution >= 0.6 is 11.3 Å². The van der Waals surface area contributed by atoms with E-state index in [1.54, 1.807) is 18.3 Å². The molecule has 0 fully saturated rings. The molecule has 0 radical (unpaired) electrons. The van der Waals surface area contributed by atoms with Crippen molar-refractivity contribution in [1.29, 1.82) is 5.26 Å². The summed E-state index contributed by atoms with van der Waals surface area (Å²) < 4.78 is 0. The summed E-state index contributed by atoms with van der Waals surface area (Å²) in [6.45, 7) is 2.25. The van der Waals surface area contributed by atoms with Gasteiger partial charge in [0.1, 0.15) is 0 Å². The summed E-state index contributed by atoms with van der Waals surface area (Å²) >= 11 is 1.72. The molecule has 1 atom stereocenters. The van der Waals surface area contributed by atoms with Gasteiger partial charge in [-0.2, -0.15) is 5.26 Å². The lowest BCUT2D eigenvalue weighted by molar-refractivity contribution is -0.121. The van der Waals surface area contributed by atoms with Gasteiger partial charge in [0.05, 0.1) is 12.0 Å². The summed E-state index contributed by atoms with van der Waals surface area (Å²) in [5.41, 5.74) is 0. The number of rotatable bonds is 6. The lowest BCUT2D eigenvalue weighted by atomic mass is 10.2. The van der Waals surface area contributed by atoms with Crippen molar-refractivity contribution in [3.8, 4) is 6.07 Å². The number of hydrogen-bond donors (Lipinski definition) is 1. The van der Waals surface area contributed by atoms with E-state index in [0.29, 0.717) is 13.0 Å². The van der Waals surface area contributed by atoms with Crippen LogP contribution in [0.2, 0.25) is 0 Å². The number of amides is 1. The van der Waals surface area contributed by atoms with E-state index in [-0.39, 0.29) is 11.8 Å². The van der Waals surface area contributed by atoms with Crippen LogP contribution in [0.25, 0.3) is 0 Å². The molecule has 0 bridgehead atoms. The Morgan fingerprint density at radius 1 is 1.69 bits per heavy atom. The van der Waals surface area contributed by atoms with Crippen LogP contribution in [0.3, 0.4) is 0 Å². The topological polar surface area (TPSA) is 52.9 Å². The van der Waals surface area contributed by atoms with Crippen LogP contribution in [0.15, 0.2) is 17.5 Å². The largest absolute Gasteiger partial charge is 0.355 e. The van der Waals surface area contributed by atoms with E-state index in [1.807, 2.05) is 11.4 Å². The number of nitrogens with zero attached hydrogens (tertiary/aromatic N) is 1. The first kappa shape index (κ1) is 12.7. The van der Waals surface area contributed by atoms with Crippen molar-refractivity contribution in [1.82, 2.24) is 5.32 Å². The quantitative estimate of drug-likeness (QED) is 0.824. The van der Waals surface area contributed by atoms with Gasteiger partial charge in [0.2, 0.25) is 5.91 Å². The number of carbonyl (C=O) groups is 1. The Morgan fingerprint density at radius 2 is 2.50 bits per heavy atom. The molecule has 1 aromatic heterocycles. The van der Waals surface area contributed by atoms with Crippen molar-refractivity contribution in [2.24, 2.45) is 5.92 Å². The lowest BCUT2D eigenvalue weighted by Gasteiger charge is -2.05. The van der Waals surface area contributed by atoms with Crippen molar-refractivity contribution in [3.05, 3.63) is 22.4 Å². The highest BCUT2D eigenvalue weighted by Gasteiger charge is 2.04. The molecular formula is C12H16N2OS. The van der Waals surface area contributed by atoms with Gasteiger partial charge in [0, 0.05) is 17.8 Å². The third-order valence-electron chi connectivity index (χ3n) is 2.23. The molecule has 3 nitrogen and oxygen atoms in total. The van der Waals surface area contributed by atoms with Crippen LogP contribution in [0.5, 0.6) is 0 Å². The van der Waals surface area contributed by atoms with Crippen LogP contribution in [-0.4, -0.2) is 12.5 Å². The zero-order valence-electron chi connectivity index (χ0n) is 9.40. The fraction of sp³-hybridized carbons (Fsp3) is 0.500. The molecule has 16 heavy (non-hydrogen) atoms. The second-order valence-electron chi connectivity index (χ2n) is 3.77. The van der Waals surface area contributed by atoms with E-state index in [2.05, 4.69) is 17.5 Å². The summed E-state index contributed by atoms with van der Waals surface area (Å²) in [7, 11) is 0. The standard InChI is InChI=1S/C12H16N2OS/c1-10(8-13)9-14-12(15)6-2-4-11-5-3-7-16-11/h3,5,7,10H,2,4,6,9H2,1H3,(H,14,15). The van der Waals surface area contributed by atoms with Crippen LogP contribution in [0, 0.1) is 17.2 Å². The van der Waals surface area contributed by atoms with Gasteiger partial charge in [-0.3, -0.25) is 4.79 Å². The van der Waals surface area contributed by atoms with Crippen molar-refractivity contribution >= 4 is 17.2 Å². The van der Waals surface area contributed by atoms with Crippen molar-refractivity contribution in [2.45, 2.75) is 26.2 Å². The smallest absolute Gasteiger partial charge is 0.220 e.